The monoisotopic (exact) mass is 266 g/mol. The van der Waals surface area contributed by atoms with Crippen LogP contribution < -0.4 is 0 Å². The minimum Gasteiger partial charge on any atom is -0.339 e. The van der Waals surface area contributed by atoms with Crippen molar-refractivity contribution in [3.8, 4) is 0 Å². The first-order chi connectivity index (χ1) is 8.58. The van der Waals surface area contributed by atoms with Crippen molar-refractivity contribution in [3.63, 3.8) is 0 Å². The molecule has 1 saturated heterocycles. The van der Waals surface area contributed by atoms with Gasteiger partial charge in [0.1, 0.15) is 0 Å². The fourth-order valence-corrected chi connectivity index (χ4v) is 2.61. The van der Waals surface area contributed by atoms with Crippen LogP contribution in [0, 0.1) is 12.8 Å². The topological polar surface area (TPSA) is 33.2 Å². The standard InChI is InChI=1S/C14H19ClN2O/c1-10-4-3-6-17(7-5-10)14(18)12-9-16-11(2)8-13(12)15/h8-10H,3-7H2,1-2H3. The van der Waals surface area contributed by atoms with E-state index in [1.807, 2.05) is 11.8 Å². The quantitative estimate of drug-likeness (QED) is 0.781. The molecule has 1 unspecified atom stereocenters. The van der Waals surface area contributed by atoms with Crippen LogP contribution >= 0.6 is 11.6 Å². The summed E-state index contributed by atoms with van der Waals surface area (Å²) in [6, 6.07) is 1.75. The van der Waals surface area contributed by atoms with Gasteiger partial charge in [0.25, 0.3) is 5.91 Å². The van der Waals surface area contributed by atoms with E-state index in [4.69, 9.17) is 11.6 Å². The van der Waals surface area contributed by atoms with Gasteiger partial charge in [-0.25, -0.2) is 0 Å². The second-order valence-electron chi connectivity index (χ2n) is 5.13. The van der Waals surface area contributed by atoms with Crippen molar-refractivity contribution in [2.45, 2.75) is 33.1 Å². The first kappa shape index (κ1) is 13.3. The van der Waals surface area contributed by atoms with Crippen LogP contribution in [-0.2, 0) is 0 Å². The summed E-state index contributed by atoms with van der Waals surface area (Å²) in [5, 5.41) is 0.504. The Bertz CT molecular complexity index is 447. The number of halogens is 1. The van der Waals surface area contributed by atoms with Crippen LogP contribution in [0.3, 0.4) is 0 Å². The zero-order chi connectivity index (χ0) is 13.1. The molecule has 1 amide bonds. The molecule has 1 fully saturated rings. The van der Waals surface area contributed by atoms with E-state index in [-0.39, 0.29) is 5.91 Å². The summed E-state index contributed by atoms with van der Waals surface area (Å²) in [6.07, 6.45) is 4.93. The van der Waals surface area contributed by atoms with E-state index in [0.717, 1.165) is 31.6 Å². The number of amides is 1. The van der Waals surface area contributed by atoms with Gasteiger partial charge in [0.2, 0.25) is 0 Å². The van der Waals surface area contributed by atoms with Gasteiger partial charge in [0, 0.05) is 25.0 Å². The lowest BCUT2D eigenvalue weighted by molar-refractivity contribution is 0.0760. The zero-order valence-electron chi connectivity index (χ0n) is 10.9. The summed E-state index contributed by atoms with van der Waals surface area (Å²) in [5.74, 6) is 0.719. The minimum atomic E-state index is 0.0154. The Balaban J connectivity index is 2.15. The summed E-state index contributed by atoms with van der Waals surface area (Å²) >= 11 is 6.13. The summed E-state index contributed by atoms with van der Waals surface area (Å²) < 4.78 is 0. The highest BCUT2D eigenvalue weighted by Gasteiger charge is 2.21. The van der Waals surface area contributed by atoms with Crippen molar-refractivity contribution in [1.82, 2.24) is 9.88 Å². The smallest absolute Gasteiger partial charge is 0.256 e. The molecule has 1 aliphatic heterocycles. The van der Waals surface area contributed by atoms with Crippen molar-refractivity contribution in [2.75, 3.05) is 13.1 Å². The lowest BCUT2D eigenvalue weighted by Gasteiger charge is -2.21. The predicted molar refractivity (Wildman–Crippen MR) is 72.9 cm³/mol. The van der Waals surface area contributed by atoms with E-state index in [9.17, 15) is 4.79 Å². The van der Waals surface area contributed by atoms with E-state index in [1.165, 1.54) is 6.42 Å². The third kappa shape index (κ3) is 3.02. The van der Waals surface area contributed by atoms with Crippen LogP contribution in [0.2, 0.25) is 5.02 Å². The Hall–Kier alpha value is -1.09. The molecular formula is C14H19ClN2O. The van der Waals surface area contributed by atoms with E-state index < -0.39 is 0 Å². The molecule has 1 atom stereocenters. The van der Waals surface area contributed by atoms with Gasteiger partial charge in [0.15, 0.2) is 0 Å². The highest BCUT2D eigenvalue weighted by Crippen LogP contribution is 2.21. The third-order valence-electron chi connectivity index (χ3n) is 3.52. The first-order valence-electron chi connectivity index (χ1n) is 6.49. The Morgan fingerprint density at radius 3 is 2.94 bits per heavy atom. The molecule has 0 radical (unpaired) electrons. The largest absolute Gasteiger partial charge is 0.339 e. The molecule has 0 spiro atoms. The summed E-state index contributed by atoms with van der Waals surface area (Å²) in [6.45, 7) is 5.76. The maximum Gasteiger partial charge on any atom is 0.256 e. The molecule has 0 saturated carbocycles. The first-order valence-corrected chi connectivity index (χ1v) is 6.87. The molecule has 2 heterocycles. The zero-order valence-corrected chi connectivity index (χ0v) is 11.7. The van der Waals surface area contributed by atoms with Crippen LogP contribution in [-0.4, -0.2) is 28.9 Å². The van der Waals surface area contributed by atoms with Crippen molar-refractivity contribution >= 4 is 17.5 Å². The fraction of sp³-hybridized carbons (Fsp3) is 0.571. The molecule has 18 heavy (non-hydrogen) atoms. The van der Waals surface area contributed by atoms with Crippen LogP contribution in [0.1, 0.15) is 42.2 Å². The van der Waals surface area contributed by atoms with Crippen LogP contribution in [0.15, 0.2) is 12.3 Å². The Labute approximate surface area is 113 Å². The second-order valence-corrected chi connectivity index (χ2v) is 5.54. The molecule has 3 nitrogen and oxygen atoms in total. The fourth-order valence-electron chi connectivity index (χ4n) is 2.32. The van der Waals surface area contributed by atoms with Gasteiger partial charge in [-0.15, -0.1) is 0 Å². The van der Waals surface area contributed by atoms with Crippen molar-refractivity contribution in [3.05, 3.63) is 28.5 Å². The van der Waals surface area contributed by atoms with Crippen molar-refractivity contribution in [2.24, 2.45) is 5.92 Å². The van der Waals surface area contributed by atoms with Crippen LogP contribution in [0.5, 0.6) is 0 Å². The maximum absolute atomic E-state index is 12.4. The molecule has 4 heteroatoms. The highest BCUT2D eigenvalue weighted by molar-refractivity contribution is 6.33. The van der Waals surface area contributed by atoms with Crippen LogP contribution in [0.25, 0.3) is 0 Å². The number of hydrogen-bond acceptors (Lipinski definition) is 2. The number of pyridine rings is 1. The highest BCUT2D eigenvalue weighted by atomic mass is 35.5. The van der Waals surface area contributed by atoms with E-state index in [1.54, 1.807) is 12.3 Å². The summed E-state index contributed by atoms with van der Waals surface area (Å²) in [4.78, 5) is 18.5. The molecule has 1 aromatic rings. The maximum atomic E-state index is 12.4. The number of carbonyl (C=O) groups excluding carboxylic acids is 1. The summed E-state index contributed by atoms with van der Waals surface area (Å²) in [5.41, 5.74) is 1.36. The Morgan fingerprint density at radius 2 is 2.22 bits per heavy atom. The van der Waals surface area contributed by atoms with E-state index in [2.05, 4.69) is 11.9 Å². The molecule has 2 rings (SSSR count). The number of likely N-dealkylation sites (tertiary alicyclic amines) is 1. The van der Waals surface area contributed by atoms with Gasteiger partial charge in [-0.05, 0) is 38.2 Å². The van der Waals surface area contributed by atoms with Gasteiger partial charge < -0.3 is 4.90 Å². The van der Waals surface area contributed by atoms with Gasteiger partial charge in [0.05, 0.1) is 10.6 Å². The summed E-state index contributed by atoms with van der Waals surface area (Å²) in [7, 11) is 0. The number of aryl methyl sites for hydroxylation is 1. The SMILES string of the molecule is Cc1cc(Cl)c(C(=O)N2CCCC(C)CC2)cn1. The minimum absolute atomic E-state index is 0.0154. The average molecular weight is 267 g/mol. The molecule has 1 aliphatic rings. The predicted octanol–water partition coefficient (Wildman–Crippen LogP) is 3.31. The number of nitrogens with zero attached hydrogens (tertiary/aromatic N) is 2. The molecular weight excluding hydrogens is 248 g/mol. The normalized spacial score (nSPS) is 20.6. The van der Waals surface area contributed by atoms with Gasteiger partial charge in [-0.1, -0.05) is 18.5 Å². The number of hydrogen-bond donors (Lipinski definition) is 0. The molecule has 0 aliphatic carbocycles. The van der Waals surface area contributed by atoms with Gasteiger partial charge in [-0.3, -0.25) is 9.78 Å². The van der Waals surface area contributed by atoms with E-state index in [0.29, 0.717) is 16.5 Å². The number of rotatable bonds is 1. The lowest BCUT2D eigenvalue weighted by Crippen LogP contribution is -2.32. The van der Waals surface area contributed by atoms with Gasteiger partial charge in [-0.2, -0.15) is 0 Å². The molecule has 0 N–H and O–H groups in total. The number of carbonyl (C=O) groups is 1. The average Bonchev–Trinajstić information content (AvgIpc) is 2.53. The van der Waals surface area contributed by atoms with Gasteiger partial charge >= 0.3 is 0 Å². The van der Waals surface area contributed by atoms with Crippen molar-refractivity contribution < 1.29 is 4.79 Å². The third-order valence-corrected chi connectivity index (χ3v) is 3.84. The molecule has 98 valence electrons. The van der Waals surface area contributed by atoms with E-state index >= 15 is 0 Å². The molecule has 0 bridgehead atoms. The lowest BCUT2D eigenvalue weighted by atomic mass is 10.0. The second kappa shape index (κ2) is 5.70. The Morgan fingerprint density at radius 1 is 1.44 bits per heavy atom. The van der Waals surface area contributed by atoms with Crippen LogP contribution in [0.4, 0.5) is 0 Å². The molecule has 1 aromatic heterocycles. The van der Waals surface area contributed by atoms with Crippen molar-refractivity contribution in [1.29, 1.82) is 0 Å². The number of aromatic nitrogens is 1. The molecule has 0 aromatic carbocycles. The Kier molecular flexibility index (Phi) is 4.23.